The van der Waals surface area contributed by atoms with Crippen LogP contribution in [0.2, 0.25) is 0 Å². The van der Waals surface area contributed by atoms with Gasteiger partial charge in [0.15, 0.2) is 6.10 Å². The molecule has 0 bridgehead atoms. The Morgan fingerprint density at radius 3 is 2.80 bits per heavy atom. The zero-order chi connectivity index (χ0) is 7.98. The highest BCUT2D eigenvalue weighted by Crippen LogP contribution is 1.88. The smallest absolute Gasteiger partial charge is 0.385 e. The fraction of sp³-hybridized carbons (Fsp3) is 0.286. The summed E-state index contributed by atoms with van der Waals surface area (Å²) in [6.07, 6.45) is 4.28. The minimum absolute atomic E-state index is 0.456. The van der Waals surface area contributed by atoms with Gasteiger partial charge in [0.2, 0.25) is 0 Å². The van der Waals surface area contributed by atoms with Crippen LogP contribution in [0.25, 0.3) is 0 Å². The number of hydrogen-bond donors (Lipinski definition) is 0. The first-order valence-electron chi connectivity index (χ1n) is 2.49. The summed E-state index contributed by atoms with van der Waals surface area (Å²) >= 11 is 2.86. The molecular weight excluding hydrogens is 196 g/mol. The molecule has 0 radical (unpaired) electrons. The minimum Gasteiger partial charge on any atom is -0.440 e. The van der Waals surface area contributed by atoms with Crippen LogP contribution in [-0.4, -0.2) is 12.1 Å². The topological polar surface area (TPSA) is 26.3 Å². The molecule has 0 aromatic heterocycles. The van der Waals surface area contributed by atoms with E-state index in [1.807, 2.05) is 5.92 Å². The van der Waals surface area contributed by atoms with Gasteiger partial charge in [-0.05, 0) is 17.7 Å². The van der Waals surface area contributed by atoms with Crippen molar-refractivity contribution in [3.63, 3.8) is 0 Å². The van der Waals surface area contributed by atoms with Crippen molar-refractivity contribution < 1.29 is 9.53 Å². The lowest BCUT2D eigenvalue weighted by atomic mass is 10.4. The number of esters is 1. The Labute approximate surface area is 68.1 Å². The molecule has 0 aliphatic rings. The van der Waals surface area contributed by atoms with E-state index in [0.717, 1.165) is 0 Å². The van der Waals surface area contributed by atoms with E-state index in [0.29, 0.717) is 0 Å². The summed E-state index contributed by atoms with van der Waals surface area (Å²) in [5.41, 5.74) is 0. The summed E-state index contributed by atoms with van der Waals surface area (Å²) in [7, 11) is 0. The molecular formula is C7H5BrO2. The molecule has 0 heterocycles. The predicted octanol–water partition coefficient (Wildman–Crippen LogP) is 0.907. The van der Waals surface area contributed by atoms with Crippen LogP contribution in [0.3, 0.4) is 0 Å². The average molecular weight is 201 g/mol. The molecule has 0 fully saturated rings. The predicted molar refractivity (Wildman–Crippen MR) is 41.1 cm³/mol. The third-order valence-corrected chi connectivity index (χ3v) is 0.888. The van der Waals surface area contributed by atoms with Crippen LogP contribution < -0.4 is 0 Å². The Balaban J connectivity index is 3.78. The summed E-state index contributed by atoms with van der Waals surface area (Å²) in [6.45, 7) is 1.63. The van der Waals surface area contributed by atoms with Crippen LogP contribution in [0.4, 0.5) is 0 Å². The van der Waals surface area contributed by atoms with Crippen molar-refractivity contribution in [1.29, 1.82) is 0 Å². The van der Waals surface area contributed by atoms with Crippen LogP contribution >= 0.6 is 15.9 Å². The van der Waals surface area contributed by atoms with Crippen LogP contribution in [-0.2, 0) is 9.53 Å². The van der Waals surface area contributed by atoms with Gasteiger partial charge < -0.3 is 4.74 Å². The Hall–Kier alpha value is -0.930. The lowest BCUT2D eigenvalue weighted by Crippen LogP contribution is -2.10. The summed E-state index contributed by atoms with van der Waals surface area (Å²) in [4.78, 5) is 12.8. The summed E-state index contributed by atoms with van der Waals surface area (Å²) in [5.74, 6) is 3.66. The molecule has 0 saturated carbocycles. The molecule has 0 aromatic rings. The van der Waals surface area contributed by atoms with E-state index in [4.69, 9.17) is 6.42 Å². The molecule has 0 spiro atoms. The number of carbonyl (C=O) groups is 1. The standard InChI is InChI=1S/C7H5BrO2/c1-3-7(9)10-6(2)4-5-8/h1,6H,2H3. The van der Waals surface area contributed by atoms with Crippen LogP contribution in [0.15, 0.2) is 0 Å². The zero-order valence-corrected chi connectivity index (χ0v) is 6.94. The Kier molecular flexibility index (Phi) is 4.45. The maximum Gasteiger partial charge on any atom is 0.385 e. The quantitative estimate of drug-likeness (QED) is 0.358. The molecule has 1 atom stereocenters. The molecule has 1 unspecified atom stereocenters. The Morgan fingerprint density at radius 2 is 2.40 bits per heavy atom. The van der Waals surface area contributed by atoms with E-state index in [1.165, 1.54) is 0 Å². The fourth-order valence-corrected chi connectivity index (χ4v) is 0.623. The van der Waals surface area contributed by atoms with Gasteiger partial charge in [-0.25, -0.2) is 4.79 Å². The average Bonchev–Trinajstić information content (AvgIpc) is 1.88. The van der Waals surface area contributed by atoms with Gasteiger partial charge in [-0.2, -0.15) is 0 Å². The van der Waals surface area contributed by atoms with Crippen molar-refractivity contribution in [2.75, 3.05) is 0 Å². The monoisotopic (exact) mass is 200 g/mol. The van der Waals surface area contributed by atoms with Gasteiger partial charge in [-0.1, -0.05) is 0 Å². The highest BCUT2D eigenvalue weighted by atomic mass is 79.9. The van der Waals surface area contributed by atoms with E-state index in [-0.39, 0.29) is 0 Å². The van der Waals surface area contributed by atoms with Gasteiger partial charge in [0, 0.05) is 21.9 Å². The van der Waals surface area contributed by atoms with E-state index in [9.17, 15) is 4.79 Å². The van der Waals surface area contributed by atoms with E-state index < -0.39 is 12.1 Å². The second kappa shape index (κ2) is 4.90. The molecule has 0 saturated heterocycles. The first kappa shape index (κ1) is 9.07. The highest BCUT2D eigenvalue weighted by molar-refractivity contribution is 9.12. The third-order valence-electron chi connectivity index (χ3n) is 0.659. The lowest BCUT2D eigenvalue weighted by molar-refractivity contribution is -0.138. The van der Waals surface area contributed by atoms with Crippen LogP contribution in [0.5, 0.6) is 0 Å². The number of rotatable bonds is 1. The van der Waals surface area contributed by atoms with Crippen molar-refractivity contribution in [3.8, 4) is 23.1 Å². The van der Waals surface area contributed by atoms with Crippen molar-refractivity contribution in [3.05, 3.63) is 0 Å². The molecule has 52 valence electrons. The van der Waals surface area contributed by atoms with Gasteiger partial charge in [0.1, 0.15) is 0 Å². The van der Waals surface area contributed by atoms with Gasteiger partial charge >= 0.3 is 5.97 Å². The Bertz CT molecular complexity index is 216. The fourth-order valence-electron chi connectivity index (χ4n) is 0.301. The van der Waals surface area contributed by atoms with Crippen molar-refractivity contribution >= 4 is 21.9 Å². The van der Waals surface area contributed by atoms with Gasteiger partial charge in [-0.3, -0.25) is 0 Å². The second-order valence-corrected chi connectivity index (χ2v) is 1.83. The molecule has 0 amide bonds. The first-order valence-corrected chi connectivity index (χ1v) is 3.28. The van der Waals surface area contributed by atoms with Crippen molar-refractivity contribution in [1.82, 2.24) is 0 Å². The maximum absolute atomic E-state index is 10.4. The van der Waals surface area contributed by atoms with E-state index >= 15 is 0 Å². The first-order chi connectivity index (χ1) is 4.70. The molecule has 0 rings (SSSR count). The number of halogens is 1. The number of carbonyl (C=O) groups excluding carboxylic acids is 1. The SMILES string of the molecule is C#CC(=O)OC(C)C#CBr. The molecule has 0 aromatic carbocycles. The maximum atomic E-state index is 10.4. The molecule has 10 heavy (non-hydrogen) atoms. The van der Waals surface area contributed by atoms with Crippen molar-refractivity contribution in [2.24, 2.45) is 0 Å². The van der Waals surface area contributed by atoms with Crippen LogP contribution in [0.1, 0.15) is 6.92 Å². The lowest BCUT2D eigenvalue weighted by Gasteiger charge is -2.00. The largest absolute Gasteiger partial charge is 0.440 e. The zero-order valence-electron chi connectivity index (χ0n) is 5.35. The number of hydrogen-bond acceptors (Lipinski definition) is 2. The molecule has 0 aliphatic heterocycles. The van der Waals surface area contributed by atoms with Gasteiger partial charge in [0.25, 0.3) is 0 Å². The highest BCUT2D eigenvalue weighted by Gasteiger charge is 2.00. The number of terminal acetylenes is 1. The van der Waals surface area contributed by atoms with E-state index in [2.05, 4.69) is 31.4 Å². The van der Waals surface area contributed by atoms with Crippen LogP contribution in [0, 0.1) is 23.1 Å². The normalized spacial score (nSPS) is 10.1. The molecule has 0 N–H and O–H groups in total. The van der Waals surface area contributed by atoms with Gasteiger partial charge in [0.05, 0.1) is 0 Å². The van der Waals surface area contributed by atoms with E-state index in [1.54, 1.807) is 6.92 Å². The van der Waals surface area contributed by atoms with Crippen molar-refractivity contribution in [2.45, 2.75) is 13.0 Å². The molecule has 3 heteroatoms. The minimum atomic E-state index is -0.692. The number of ether oxygens (including phenoxy) is 1. The van der Waals surface area contributed by atoms with Gasteiger partial charge in [-0.15, -0.1) is 6.42 Å². The molecule has 2 nitrogen and oxygen atoms in total. The summed E-state index contributed by atoms with van der Waals surface area (Å²) in [6, 6.07) is 0. The third kappa shape index (κ3) is 4.00. The molecule has 0 aliphatic carbocycles. The second-order valence-electron chi connectivity index (χ2n) is 1.43. The Morgan fingerprint density at radius 1 is 1.80 bits per heavy atom. The summed E-state index contributed by atoms with van der Waals surface area (Å²) < 4.78 is 4.56. The summed E-state index contributed by atoms with van der Waals surface area (Å²) in [5, 5.41) is 0.